The molecule has 1 nitrogen and oxygen atoms in total. The monoisotopic (exact) mass is 831 g/mol. The molecule has 12 rings (SSSR count). The SMILES string of the molecule is CC1(C)c2ccccc2-c2ccc(-c3cccc(N(c4ccc(-c5cccc6cccc(-c7ccccc7)c56)cc4)c4ccccc4-c4cccc5c4-c4ccccc4C5(C)C)c3)cc21. The molecule has 65 heavy (non-hydrogen) atoms. The maximum Gasteiger partial charge on any atom is 0.0540 e. The van der Waals surface area contributed by atoms with Gasteiger partial charge in [0.15, 0.2) is 0 Å². The highest BCUT2D eigenvalue weighted by Crippen LogP contribution is 2.54. The van der Waals surface area contributed by atoms with E-state index in [0.29, 0.717) is 0 Å². The van der Waals surface area contributed by atoms with Crippen molar-refractivity contribution in [2.75, 3.05) is 4.90 Å². The van der Waals surface area contributed by atoms with Gasteiger partial charge in [0.2, 0.25) is 0 Å². The average Bonchev–Trinajstić information content (AvgIpc) is 3.74. The van der Waals surface area contributed by atoms with Crippen LogP contribution in [0.5, 0.6) is 0 Å². The third-order valence-electron chi connectivity index (χ3n) is 14.5. The summed E-state index contributed by atoms with van der Waals surface area (Å²) in [5, 5.41) is 2.50. The van der Waals surface area contributed by atoms with E-state index in [9.17, 15) is 0 Å². The normalized spacial score (nSPS) is 13.8. The zero-order valence-electron chi connectivity index (χ0n) is 37.3. The van der Waals surface area contributed by atoms with Crippen molar-refractivity contribution in [3.8, 4) is 66.8 Å². The molecule has 2 aliphatic rings. The molecule has 0 heterocycles. The summed E-state index contributed by atoms with van der Waals surface area (Å²) in [6.45, 7) is 9.45. The van der Waals surface area contributed by atoms with Crippen LogP contribution in [0, 0.1) is 0 Å². The molecule has 310 valence electrons. The molecule has 0 atom stereocenters. The standard InChI is InChI=1S/C64H49N/c1-63(2)57-31-12-9-26-55(57)62-54(29-17-32-58(62)63)53-25-10-13-33-60(53)65(48-23-14-22-45(40-48)46-36-39-52-51-24-8-11-30-56(51)64(3,4)59(52)41-46)47-37-34-43(35-38-47)50-28-16-21-44-20-15-27-49(61(44)50)42-18-6-5-7-19-42/h5-41H,1-4H3. The lowest BCUT2D eigenvalue weighted by Crippen LogP contribution is -2.15. The highest BCUT2D eigenvalue weighted by atomic mass is 15.1. The van der Waals surface area contributed by atoms with Crippen LogP contribution >= 0.6 is 0 Å². The third-order valence-corrected chi connectivity index (χ3v) is 14.5. The second-order valence-electron chi connectivity index (χ2n) is 18.9. The van der Waals surface area contributed by atoms with Gasteiger partial charge in [0.25, 0.3) is 0 Å². The van der Waals surface area contributed by atoms with Crippen molar-refractivity contribution in [2.24, 2.45) is 0 Å². The Kier molecular flexibility index (Phi) is 8.94. The molecule has 0 aromatic heterocycles. The van der Waals surface area contributed by atoms with E-state index in [2.05, 4.69) is 257 Å². The van der Waals surface area contributed by atoms with Gasteiger partial charge < -0.3 is 4.90 Å². The summed E-state index contributed by atoms with van der Waals surface area (Å²) in [5.74, 6) is 0. The van der Waals surface area contributed by atoms with Gasteiger partial charge in [-0.1, -0.05) is 216 Å². The molecule has 0 saturated carbocycles. The summed E-state index contributed by atoms with van der Waals surface area (Å²) in [4.78, 5) is 2.47. The van der Waals surface area contributed by atoms with E-state index in [1.54, 1.807) is 0 Å². The summed E-state index contributed by atoms with van der Waals surface area (Å²) in [6.07, 6.45) is 0. The van der Waals surface area contributed by atoms with Crippen molar-refractivity contribution in [3.05, 3.63) is 247 Å². The Balaban J connectivity index is 1.03. The van der Waals surface area contributed by atoms with E-state index in [0.717, 1.165) is 17.1 Å². The topological polar surface area (TPSA) is 3.24 Å². The van der Waals surface area contributed by atoms with Gasteiger partial charge in [0.05, 0.1) is 5.69 Å². The summed E-state index contributed by atoms with van der Waals surface area (Å²) in [7, 11) is 0. The second-order valence-corrected chi connectivity index (χ2v) is 18.9. The molecule has 0 spiro atoms. The Hall–Kier alpha value is -7.74. The van der Waals surface area contributed by atoms with Crippen LogP contribution in [0.3, 0.4) is 0 Å². The second kappa shape index (κ2) is 14.9. The lowest BCUT2D eigenvalue weighted by molar-refractivity contribution is 0.660. The predicted molar refractivity (Wildman–Crippen MR) is 276 cm³/mol. The van der Waals surface area contributed by atoms with Crippen LogP contribution in [-0.4, -0.2) is 0 Å². The molecule has 1 heteroatoms. The number of benzene rings is 10. The number of anilines is 3. The maximum atomic E-state index is 2.47. The zero-order valence-corrected chi connectivity index (χ0v) is 37.3. The van der Waals surface area contributed by atoms with Crippen molar-refractivity contribution in [2.45, 2.75) is 38.5 Å². The fraction of sp³-hybridized carbons (Fsp3) is 0.0938. The molecule has 0 bridgehead atoms. The Morgan fingerprint density at radius 3 is 1.54 bits per heavy atom. The minimum atomic E-state index is -0.103. The first kappa shape index (κ1) is 38.9. The molecule has 0 unspecified atom stereocenters. The lowest BCUT2D eigenvalue weighted by Gasteiger charge is -2.29. The van der Waals surface area contributed by atoms with Gasteiger partial charge in [-0.3, -0.25) is 0 Å². The highest BCUT2D eigenvalue weighted by Gasteiger charge is 2.38. The first-order valence-electron chi connectivity index (χ1n) is 22.9. The molecule has 0 aliphatic heterocycles. The summed E-state index contributed by atoms with van der Waals surface area (Å²) in [5.41, 5.74) is 23.8. The van der Waals surface area contributed by atoms with Crippen LogP contribution in [0.15, 0.2) is 224 Å². The molecule has 0 saturated heterocycles. The van der Waals surface area contributed by atoms with E-state index in [1.165, 1.54) is 99.8 Å². The molecule has 0 amide bonds. The molecule has 2 aliphatic carbocycles. The van der Waals surface area contributed by atoms with Gasteiger partial charge in [-0.05, 0) is 131 Å². The van der Waals surface area contributed by atoms with Gasteiger partial charge >= 0.3 is 0 Å². The highest BCUT2D eigenvalue weighted by molar-refractivity contribution is 6.07. The van der Waals surface area contributed by atoms with Gasteiger partial charge in [-0.15, -0.1) is 0 Å². The van der Waals surface area contributed by atoms with E-state index in [4.69, 9.17) is 0 Å². The number of rotatable bonds is 7. The van der Waals surface area contributed by atoms with Gasteiger partial charge in [-0.2, -0.15) is 0 Å². The Morgan fingerprint density at radius 2 is 0.785 bits per heavy atom. The van der Waals surface area contributed by atoms with E-state index in [1.807, 2.05) is 0 Å². The number of para-hydroxylation sites is 1. The van der Waals surface area contributed by atoms with Crippen LogP contribution in [0.1, 0.15) is 49.9 Å². The largest absolute Gasteiger partial charge is 0.310 e. The van der Waals surface area contributed by atoms with Crippen LogP contribution in [0.25, 0.3) is 77.5 Å². The molecule has 0 radical (unpaired) electrons. The van der Waals surface area contributed by atoms with Crippen molar-refractivity contribution in [1.82, 2.24) is 0 Å². The predicted octanol–water partition coefficient (Wildman–Crippen LogP) is 17.6. The molecule has 0 fully saturated rings. The van der Waals surface area contributed by atoms with Gasteiger partial charge in [0.1, 0.15) is 0 Å². The maximum absolute atomic E-state index is 2.47. The van der Waals surface area contributed by atoms with Crippen molar-refractivity contribution in [1.29, 1.82) is 0 Å². The molecule has 10 aromatic rings. The number of hydrogen-bond donors (Lipinski definition) is 0. The summed E-state index contributed by atoms with van der Waals surface area (Å²) in [6, 6.07) is 83.3. The zero-order chi connectivity index (χ0) is 43.9. The fourth-order valence-corrected chi connectivity index (χ4v) is 11.2. The van der Waals surface area contributed by atoms with Crippen LogP contribution < -0.4 is 4.90 Å². The number of hydrogen-bond acceptors (Lipinski definition) is 1. The van der Waals surface area contributed by atoms with E-state index < -0.39 is 0 Å². The Bertz CT molecular complexity index is 3470. The average molecular weight is 832 g/mol. The quantitative estimate of drug-likeness (QED) is 0.155. The molecule has 10 aromatic carbocycles. The van der Waals surface area contributed by atoms with Crippen LogP contribution in [0.2, 0.25) is 0 Å². The van der Waals surface area contributed by atoms with Gasteiger partial charge in [-0.25, -0.2) is 0 Å². The minimum Gasteiger partial charge on any atom is -0.310 e. The smallest absolute Gasteiger partial charge is 0.0540 e. The van der Waals surface area contributed by atoms with Crippen molar-refractivity contribution in [3.63, 3.8) is 0 Å². The van der Waals surface area contributed by atoms with E-state index in [-0.39, 0.29) is 10.8 Å². The fourth-order valence-electron chi connectivity index (χ4n) is 11.2. The van der Waals surface area contributed by atoms with E-state index >= 15 is 0 Å². The van der Waals surface area contributed by atoms with Crippen molar-refractivity contribution >= 4 is 27.8 Å². The molecular weight excluding hydrogens is 783 g/mol. The minimum absolute atomic E-state index is 0.0820. The first-order valence-corrected chi connectivity index (χ1v) is 22.9. The lowest BCUT2D eigenvalue weighted by atomic mass is 9.81. The van der Waals surface area contributed by atoms with Crippen molar-refractivity contribution < 1.29 is 0 Å². The summed E-state index contributed by atoms with van der Waals surface area (Å²) >= 11 is 0. The Morgan fingerprint density at radius 1 is 0.292 bits per heavy atom. The van der Waals surface area contributed by atoms with Gasteiger partial charge in [0, 0.05) is 27.8 Å². The third kappa shape index (κ3) is 6.14. The number of nitrogens with zero attached hydrogens (tertiary/aromatic N) is 1. The molecular formula is C64H49N. The van der Waals surface area contributed by atoms with Crippen LogP contribution in [-0.2, 0) is 10.8 Å². The summed E-state index contributed by atoms with van der Waals surface area (Å²) < 4.78 is 0. The Labute approximate surface area is 383 Å². The molecule has 0 N–H and O–H groups in total. The number of fused-ring (bicyclic) bond motifs is 7. The van der Waals surface area contributed by atoms with Crippen LogP contribution in [0.4, 0.5) is 17.1 Å². The first-order chi connectivity index (χ1) is 31.8.